The van der Waals surface area contributed by atoms with Gasteiger partial charge in [0, 0.05) is 33.8 Å². The zero-order valence-corrected chi connectivity index (χ0v) is 29.7. The van der Waals surface area contributed by atoms with Crippen molar-refractivity contribution in [3.8, 4) is 16.9 Å². The second-order valence-corrected chi connectivity index (χ2v) is 15.8. The summed E-state index contributed by atoms with van der Waals surface area (Å²) in [6.45, 7) is 25.6. The maximum Gasteiger partial charge on any atom is 0.216 e. The Bertz CT molecular complexity index is 1940. The molecule has 0 saturated carbocycles. The summed E-state index contributed by atoms with van der Waals surface area (Å²) < 4.78 is 8.91. The number of pyridine rings is 1. The van der Waals surface area contributed by atoms with Gasteiger partial charge in [0.15, 0.2) is 0 Å². The van der Waals surface area contributed by atoms with Crippen LogP contribution in [-0.2, 0) is 10.2 Å². The highest BCUT2D eigenvalue weighted by Crippen LogP contribution is 2.40. The molecule has 0 spiro atoms. The fourth-order valence-corrected chi connectivity index (χ4v) is 7.88. The third-order valence-electron chi connectivity index (χ3n) is 9.97. The van der Waals surface area contributed by atoms with Gasteiger partial charge in [0.05, 0.1) is 22.3 Å². The minimum atomic E-state index is -0.250. The maximum absolute atomic E-state index is 6.48. The lowest BCUT2D eigenvalue weighted by molar-refractivity contribution is 0.129. The molecule has 5 aromatic rings. The molecule has 240 valence electrons. The van der Waals surface area contributed by atoms with Crippen LogP contribution in [0.3, 0.4) is 0 Å². The van der Waals surface area contributed by atoms with Crippen LogP contribution in [0.5, 0.6) is 0 Å². The van der Waals surface area contributed by atoms with E-state index in [0.717, 1.165) is 28.4 Å². The fraction of sp³-hybridized carbons (Fsp3) is 0.429. The molecule has 1 atom stereocenters. The van der Waals surface area contributed by atoms with Crippen molar-refractivity contribution in [2.24, 2.45) is 22.7 Å². The predicted octanol–water partition coefficient (Wildman–Crippen LogP) is 11.0. The molecule has 0 radical (unpaired) electrons. The number of aryl methyl sites for hydroxylation is 1. The van der Waals surface area contributed by atoms with Gasteiger partial charge in [0.1, 0.15) is 6.61 Å². The second-order valence-electron chi connectivity index (χ2n) is 15.8. The van der Waals surface area contributed by atoms with Crippen LogP contribution in [0.4, 0.5) is 0 Å². The lowest BCUT2D eigenvalue weighted by Crippen LogP contribution is -2.40. The monoisotopic (exact) mass is 613 g/mol. The first-order chi connectivity index (χ1) is 21.7. The van der Waals surface area contributed by atoms with E-state index in [2.05, 4.69) is 147 Å². The van der Waals surface area contributed by atoms with Crippen LogP contribution >= 0.6 is 0 Å². The van der Waals surface area contributed by atoms with E-state index >= 15 is 0 Å². The summed E-state index contributed by atoms with van der Waals surface area (Å²) in [7, 11) is 0. The summed E-state index contributed by atoms with van der Waals surface area (Å²) in [4.78, 5) is 10.2. The van der Waals surface area contributed by atoms with Crippen molar-refractivity contribution in [3.05, 3.63) is 95.2 Å². The minimum Gasteiger partial charge on any atom is -0.475 e. The van der Waals surface area contributed by atoms with Crippen LogP contribution in [-0.4, -0.2) is 27.6 Å². The Morgan fingerprint density at radius 1 is 0.783 bits per heavy atom. The van der Waals surface area contributed by atoms with Crippen LogP contribution in [0.1, 0.15) is 97.4 Å². The molecule has 1 aliphatic rings. The average molecular weight is 614 g/mol. The summed E-state index contributed by atoms with van der Waals surface area (Å²) in [6.07, 6.45) is 1.94. The SMILES string of the molecule is Cc1ccc2c(c1)c1ccc(-c3cc(C(C)(C)C)ccn3)cc1n2-c1cc(C2=N[C@](C)(C(C(C)C)C(C)C)CO2)cc(C(C)C)c1. The third kappa shape index (κ3) is 5.76. The number of aromatic nitrogens is 2. The Morgan fingerprint density at radius 2 is 1.52 bits per heavy atom. The molecule has 3 heterocycles. The first-order valence-electron chi connectivity index (χ1n) is 17.1. The molecule has 0 bridgehead atoms. The van der Waals surface area contributed by atoms with Gasteiger partial charge in [-0.25, -0.2) is 4.99 Å². The lowest BCUT2D eigenvalue weighted by Gasteiger charge is -2.36. The van der Waals surface area contributed by atoms with Gasteiger partial charge in [-0.2, -0.15) is 0 Å². The largest absolute Gasteiger partial charge is 0.475 e. The molecule has 0 N–H and O–H groups in total. The summed E-state index contributed by atoms with van der Waals surface area (Å²) in [5.41, 5.74) is 10.3. The smallest absolute Gasteiger partial charge is 0.216 e. The van der Waals surface area contributed by atoms with Crippen molar-refractivity contribution < 1.29 is 4.74 Å². The lowest BCUT2D eigenvalue weighted by atomic mass is 9.72. The molecule has 0 fully saturated rings. The van der Waals surface area contributed by atoms with E-state index in [0.29, 0.717) is 30.3 Å². The van der Waals surface area contributed by atoms with Gasteiger partial charge in [0.2, 0.25) is 5.90 Å². The third-order valence-corrected chi connectivity index (χ3v) is 9.97. The molecule has 6 rings (SSSR count). The molecule has 0 unspecified atom stereocenters. The average Bonchev–Trinajstić information content (AvgIpc) is 3.53. The normalized spacial score (nSPS) is 17.2. The summed E-state index contributed by atoms with van der Waals surface area (Å²) in [5, 5.41) is 2.50. The van der Waals surface area contributed by atoms with Crippen LogP contribution in [0.15, 0.2) is 77.9 Å². The molecule has 46 heavy (non-hydrogen) atoms. The molecule has 0 aliphatic carbocycles. The fourth-order valence-electron chi connectivity index (χ4n) is 7.88. The van der Waals surface area contributed by atoms with Crippen molar-refractivity contribution in [1.29, 1.82) is 0 Å². The topological polar surface area (TPSA) is 39.4 Å². The number of benzene rings is 3. The van der Waals surface area contributed by atoms with E-state index in [9.17, 15) is 0 Å². The first-order valence-corrected chi connectivity index (χ1v) is 17.1. The molecule has 4 nitrogen and oxygen atoms in total. The Balaban J connectivity index is 1.57. The number of fused-ring (bicyclic) bond motifs is 3. The molecule has 3 aromatic carbocycles. The van der Waals surface area contributed by atoms with E-state index in [-0.39, 0.29) is 11.0 Å². The number of hydrogen-bond donors (Lipinski definition) is 0. The molecule has 0 amide bonds. The highest BCUT2D eigenvalue weighted by molar-refractivity contribution is 6.10. The summed E-state index contributed by atoms with van der Waals surface area (Å²) in [5.74, 6) is 2.58. The van der Waals surface area contributed by atoms with Crippen molar-refractivity contribution in [2.45, 2.75) is 93.0 Å². The van der Waals surface area contributed by atoms with E-state index in [1.807, 2.05) is 6.20 Å². The van der Waals surface area contributed by atoms with Crippen LogP contribution in [0.2, 0.25) is 0 Å². The van der Waals surface area contributed by atoms with Crippen molar-refractivity contribution in [3.63, 3.8) is 0 Å². The van der Waals surface area contributed by atoms with Gasteiger partial charge in [-0.15, -0.1) is 0 Å². The molecule has 4 heteroatoms. The van der Waals surface area contributed by atoms with E-state index in [1.165, 1.54) is 38.5 Å². The van der Waals surface area contributed by atoms with Gasteiger partial charge in [0.25, 0.3) is 0 Å². The second kappa shape index (κ2) is 11.7. The molecule has 2 aromatic heterocycles. The number of ether oxygens (including phenoxy) is 1. The molecule has 1 aliphatic heterocycles. The van der Waals surface area contributed by atoms with Gasteiger partial charge >= 0.3 is 0 Å². The van der Waals surface area contributed by atoms with Crippen molar-refractivity contribution in [2.75, 3.05) is 6.61 Å². The standard InChI is InChI=1S/C42H51N3O/c1-25(2)30-19-31(40-44-42(11,24-46-40)39(26(3)4)27(5)6)21-33(20-30)45-37-15-12-28(7)18-35(37)34-14-13-29(22-38(34)45)36-23-32(16-17-43-36)41(8,9)10/h12-23,25-27,39H,24H2,1-11H3/t42-/m0/s1. The highest BCUT2D eigenvalue weighted by Gasteiger charge is 2.43. The van der Waals surface area contributed by atoms with Gasteiger partial charge in [-0.05, 0) is 103 Å². The van der Waals surface area contributed by atoms with Crippen molar-refractivity contribution >= 4 is 27.7 Å². The number of rotatable bonds is 7. The Kier molecular flexibility index (Phi) is 8.15. The molecular formula is C42H51N3O. The summed E-state index contributed by atoms with van der Waals surface area (Å²) >= 11 is 0. The minimum absolute atomic E-state index is 0.0490. The van der Waals surface area contributed by atoms with E-state index in [4.69, 9.17) is 14.7 Å². The van der Waals surface area contributed by atoms with Crippen LogP contribution < -0.4 is 0 Å². The predicted molar refractivity (Wildman–Crippen MR) is 196 cm³/mol. The Labute approximate surface area is 275 Å². The summed E-state index contributed by atoms with van der Waals surface area (Å²) in [6, 6.07) is 24.9. The van der Waals surface area contributed by atoms with Gasteiger partial charge in [-0.3, -0.25) is 4.98 Å². The highest BCUT2D eigenvalue weighted by atomic mass is 16.5. The van der Waals surface area contributed by atoms with Crippen LogP contribution in [0, 0.1) is 24.7 Å². The zero-order valence-electron chi connectivity index (χ0n) is 29.7. The van der Waals surface area contributed by atoms with Gasteiger partial charge in [-0.1, -0.05) is 86.1 Å². The van der Waals surface area contributed by atoms with Crippen molar-refractivity contribution in [1.82, 2.24) is 9.55 Å². The quantitative estimate of drug-likeness (QED) is 0.183. The van der Waals surface area contributed by atoms with E-state index in [1.54, 1.807) is 0 Å². The van der Waals surface area contributed by atoms with E-state index < -0.39 is 0 Å². The Hall–Kier alpha value is -3.92. The maximum atomic E-state index is 6.48. The number of aliphatic imine (C=N–C) groups is 1. The van der Waals surface area contributed by atoms with Gasteiger partial charge < -0.3 is 9.30 Å². The van der Waals surface area contributed by atoms with Crippen LogP contribution in [0.25, 0.3) is 38.8 Å². The number of hydrogen-bond acceptors (Lipinski definition) is 3. The number of nitrogens with zero attached hydrogens (tertiary/aromatic N) is 3. The molecular weight excluding hydrogens is 562 g/mol. The molecule has 0 saturated heterocycles. The Morgan fingerprint density at radius 3 is 2.20 bits per heavy atom. The first kappa shape index (κ1) is 32.0. The zero-order chi connectivity index (χ0) is 33.1.